The maximum Gasteiger partial charge on any atom is 0.343 e. The monoisotopic (exact) mass is 233 g/mol. The first-order valence-electron chi connectivity index (χ1n) is 5.52. The number of rotatable bonds is 2. The number of nitrogens with zero attached hydrogens (tertiary/aromatic N) is 3. The highest BCUT2D eigenvalue weighted by Gasteiger charge is 2.17. The summed E-state index contributed by atoms with van der Waals surface area (Å²) in [7, 11) is 0. The lowest BCUT2D eigenvalue weighted by Crippen LogP contribution is -2.12. The summed E-state index contributed by atoms with van der Waals surface area (Å²) in [6, 6.07) is 1.91. The molecule has 5 heteroatoms. The molecule has 0 aliphatic carbocycles. The largest absolute Gasteiger partial charge is 0.459 e. The maximum absolute atomic E-state index is 11.8. The first-order chi connectivity index (χ1) is 7.99. The van der Waals surface area contributed by atoms with Crippen LogP contribution in [0.15, 0.2) is 12.3 Å². The van der Waals surface area contributed by atoms with E-state index in [1.807, 2.05) is 33.8 Å². The topological polar surface area (TPSA) is 56.5 Å². The summed E-state index contributed by atoms with van der Waals surface area (Å²) >= 11 is 0. The molecule has 0 bridgehead atoms. The first-order valence-corrected chi connectivity index (χ1v) is 5.52. The van der Waals surface area contributed by atoms with Gasteiger partial charge in [0.05, 0.1) is 12.3 Å². The smallest absolute Gasteiger partial charge is 0.343 e. The van der Waals surface area contributed by atoms with Crippen LogP contribution in [0.2, 0.25) is 0 Å². The molecule has 90 valence electrons. The van der Waals surface area contributed by atoms with E-state index in [1.54, 1.807) is 4.52 Å². The zero-order valence-corrected chi connectivity index (χ0v) is 10.4. The molecule has 0 N–H and O–H groups in total. The molecule has 0 radical (unpaired) electrons. The highest BCUT2D eigenvalue weighted by Crippen LogP contribution is 2.13. The molecule has 17 heavy (non-hydrogen) atoms. The van der Waals surface area contributed by atoms with Crippen molar-refractivity contribution in [2.24, 2.45) is 0 Å². The fourth-order valence-corrected chi connectivity index (χ4v) is 1.69. The molecule has 0 spiro atoms. The highest BCUT2D eigenvalue weighted by atomic mass is 16.5. The quantitative estimate of drug-likeness (QED) is 0.743. The van der Waals surface area contributed by atoms with Crippen LogP contribution >= 0.6 is 0 Å². The van der Waals surface area contributed by atoms with E-state index in [0.29, 0.717) is 11.2 Å². The zero-order valence-electron chi connectivity index (χ0n) is 10.4. The van der Waals surface area contributed by atoms with Crippen LogP contribution in [0.4, 0.5) is 0 Å². The van der Waals surface area contributed by atoms with Gasteiger partial charge < -0.3 is 4.74 Å². The average Bonchev–Trinajstić information content (AvgIpc) is 2.59. The van der Waals surface area contributed by atoms with Crippen LogP contribution in [0.25, 0.3) is 5.65 Å². The molecule has 0 saturated carbocycles. The maximum atomic E-state index is 11.8. The van der Waals surface area contributed by atoms with E-state index >= 15 is 0 Å². The molecule has 0 aliphatic heterocycles. The molecule has 0 atom stereocenters. The van der Waals surface area contributed by atoms with Crippen molar-refractivity contribution in [1.82, 2.24) is 14.6 Å². The minimum atomic E-state index is -0.382. The number of ether oxygens (including phenoxy) is 1. The third-order valence-corrected chi connectivity index (χ3v) is 2.34. The average molecular weight is 233 g/mol. The summed E-state index contributed by atoms with van der Waals surface area (Å²) in [6.07, 6.45) is 1.35. The van der Waals surface area contributed by atoms with Crippen molar-refractivity contribution in [3.8, 4) is 0 Å². The van der Waals surface area contributed by atoms with Crippen molar-refractivity contribution in [3.63, 3.8) is 0 Å². The Morgan fingerprint density at radius 3 is 2.76 bits per heavy atom. The van der Waals surface area contributed by atoms with Crippen molar-refractivity contribution >= 4 is 11.6 Å². The normalized spacial score (nSPS) is 11.1. The zero-order chi connectivity index (χ0) is 12.6. The lowest BCUT2D eigenvalue weighted by Gasteiger charge is -2.06. The molecular weight excluding hydrogens is 218 g/mol. The van der Waals surface area contributed by atoms with Crippen LogP contribution in [-0.4, -0.2) is 26.7 Å². The second kappa shape index (κ2) is 4.16. The van der Waals surface area contributed by atoms with E-state index in [-0.39, 0.29) is 12.1 Å². The third-order valence-electron chi connectivity index (χ3n) is 2.34. The Hall–Kier alpha value is -1.91. The summed E-state index contributed by atoms with van der Waals surface area (Å²) in [5.41, 5.74) is 2.75. The fourth-order valence-electron chi connectivity index (χ4n) is 1.69. The Labute approximate surface area is 99.4 Å². The molecule has 0 saturated heterocycles. The Bertz CT molecular complexity index is 572. The molecule has 2 aromatic heterocycles. The van der Waals surface area contributed by atoms with Crippen molar-refractivity contribution in [2.45, 2.75) is 33.8 Å². The van der Waals surface area contributed by atoms with Gasteiger partial charge in [-0.1, -0.05) is 0 Å². The number of aromatic nitrogens is 3. The summed E-state index contributed by atoms with van der Waals surface area (Å²) in [6.45, 7) is 7.44. The molecule has 0 amide bonds. The summed E-state index contributed by atoms with van der Waals surface area (Å²) in [5.74, 6) is -0.382. The Balaban J connectivity index is 2.52. The van der Waals surface area contributed by atoms with Gasteiger partial charge in [-0.25, -0.2) is 14.3 Å². The summed E-state index contributed by atoms with van der Waals surface area (Å²) in [4.78, 5) is 16.2. The van der Waals surface area contributed by atoms with Crippen molar-refractivity contribution in [2.75, 3.05) is 0 Å². The standard InChI is InChI=1S/C12H15N3O2/c1-7(2)17-12(16)10-6-13-15-9(4)5-8(3)14-11(10)15/h5-7H,1-4H3. The first kappa shape index (κ1) is 11.6. The van der Waals surface area contributed by atoms with Crippen LogP contribution in [-0.2, 0) is 4.74 Å². The molecular formula is C12H15N3O2. The van der Waals surface area contributed by atoms with Crippen LogP contribution < -0.4 is 0 Å². The fraction of sp³-hybridized carbons (Fsp3) is 0.417. The number of aryl methyl sites for hydroxylation is 2. The van der Waals surface area contributed by atoms with Crippen LogP contribution in [0.1, 0.15) is 35.6 Å². The minimum absolute atomic E-state index is 0.150. The van der Waals surface area contributed by atoms with Crippen molar-refractivity contribution < 1.29 is 9.53 Å². The second-order valence-electron chi connectivity index (χ2n) is 4.29. The van der Waals surface area contributed by atoms with E-state index in [9.17, 15) is 4.79 Å². The van der Waals surface area contributed by atoms with Gasteiger partial charge in [-0.3, -0.25) is 0 Å². The SMILES string of the molecule is Cc1cc(C)n2ncc(C(=O)OC(C)C)c2n1. The van der Waals surface area contributed by atoms with Crippen LogP contribution in [0, 0.1) is 13.8 Å². The lowest BCUT2D eigenvalue weighted by atomic mass is 10.3. The van der Waals surface area contributed by atoms with E-state index in [1.165, 1.54) is 6.20 Å². The molecule has 2 aromatic rings. The number of carbonyl (C=O) groups is 1. The number of hydrogen-bond donors (Lipinski definition) is 0. The molecule has 0 aromatic carbocycles. The molecule has 0 unspecified atom stereocenters. The Morgan fingerprint density at radius 1 is 1.41 bits per heavy atom. The third kappa shape index (κ3) is 2.13. The van der Waals surface area contributed by atoms with E-state index < -0.39 is 0 Å². The predicted octanol–water partition coefficient (Wildman–Crippen LogP) is 1.91. The van der Waals surface area contributed by atoms with E-state index in [0.717, 1.165) is 11.4 Å². The highest BCUT2D eigenvalue weighted by molar-refractivity contribution is 5.95. The second-order valence-corrected chi connectivity index (χ2v) is 4.29. The van der Waals surface area contributed by atoms with Gasteiger partial charge in [0.1, 0.15) is 5.56 Å². The van der Waals surface area contributed by atoms with Gasteiger partial charge in [0, 0.05) is 11.4 Å². The summed E-state index contributed by atoms with van der Waals surface area (Å²) in [5, 5.41) is 4.14. The van der Waals surface area contributed by atoms with Gasteiger partial charge in [-0.15, -0.1) is 0 Å². The number of esters is 1. The molecule has 0 aliphatic rings. The lowest BCUT2D eigenvalue weighted by molar-refractivity contribution is 0.0380. The van der Waals surface area contributed by atoms with Crippen molar-refractivity contribution in [3.05, 3.63) is 29.2 Å². The van der Waals surface area contributed by atoms with Gasteiger partial charge in [-0.05, 0) is 33.8 Å². The van der Waals surface area contributed by atoms with Gasteiger partial charge in [0.15, 0.2) is 5.65 Å². The van der Waals surface area contributed by atoms with Crippen molar-refractivity contribution in [1.29, 1.82) is 0 Å². The van der Waals surface area contributed by atoms with Gasteiger partial charge in [0.25, 0.3) is 0 Å². The van der Waals surface area contributed by atoms with Gasteiger partial charge >= 0.3 is 5.97 Å². The van der Waals surface area contributed by atoms with Gasteiger partial charge in [-0.2, -0.15) is 5.10 Å². The minimum Gasteiger partial charge on any atom is -0.459 e. The number of fused-ring (bicyclic) bond motifs is 1. The molecule has 0 fully saturated rings. The number of carbonyl (C=O) groups excluding carboxylic acids is 1. The molecule has 5 nitrogen and oxygen atoms in total. The van der Waals surface area contributed by atoms with Crippen LogP contribution in [0.5, 0.6) is 0 Å². The molecule has 2 rings (SSSR count). The summed E-state index contributed by atoms with van der Waals surface area (Å²) < 4.78 is 6.79. The predicted molar refractivity (Wildman–Crippen MR) is 63.0 cm³/mol. The number of hydrogen-bond acceptors (Lipinski definition) is 4. The van der Waals surface area contributed by atoms with E-state index in [4.69, 9.17) is 4.74 Å². The van der Waals surface area contributed by atoms with E-state index in [2.05, 4.69) is 10.1 Å². The van der Waals surface area contributed by atoms with Gasteiger partial charge in [0.2, 0.25) is 0 Å². The Kier molecular flexibility index (Phi) is 2.83. The molecule has 2 heterocycles. The Morgan fingerprint density at radius 2 is 2.12 bits per heavy atom. The van der Waals surface area contributed by atoms with Crippen LogP contribution in [0.3, 0.4) is 0 Å².